The number of aryl methyl sites for hydroxylation is 2. The van der Waals surface area contributed by atoms with Gasteiger partial charge in [0, 0.05) is 17.7 Å². The topological polar surface area (TPSA) is 43.6 Å². The number of nitrogens with zero attached hydrogens (tertiary/aromatic N) is 4. The molecule has 0 bridgehead atoms. The van der Waals surface area contributed by atoms with Gasteiger partial charge < -0.3 is 4.57 Å². The Balaban J connectivity index is 2.13. The van der Waals surface area contributed by atoms with Crippen LogP contribution in [0.5, 0.6) is 0 Å². The maximum absolute atomic E-state index is 4.82. The average Bonchev–Trinajstić information content (AvgIpc) is 2.83. The Morgan fingerprint density at radius 1 is 1.22 bits per heavy atom. The molecule has 0 spiro atoms. The molecule has 0 aliphatic heterocycles. The second-order valence-corrected chi connectivity index (χ2v) is 7.48. The van der Waals surface area contributed by atoms with Crippen molar-refractivity contribution in [2.75, 3.05) is 5.75 Å². The van der Waals surface area contributed by atoms with E-state index in [0.29, 0.717) is 5.92 Å². The summed E-state index contributed by atoms with van der Waals surface area (Å²) in [4.78, 5) is 4.82. The molecule has 0 fully saturated rings. The smallest absolute Gasteiger partial charge is 0.211 e. The van der Waals surface area contributed by atoms with Gasteiger partial charge in [0.15, 0.2) is 5.65 Å². The number of fused-ring (bicyclic) bond motifs is 3. The van der Waals surface area contributed by atoms with Crippen LogP contribution in [-0.4, -0.2) is 25.5 Å². The zero-order chi connectivity index (χ0) is 16.4. The maximum atomic E-state index is 4.82. The second-order valence-electron chi connectivity index (χ2n) is 6.50. The normalized spacial score (nSPS) is 11.9. The van der Waals surface area contributed by atoms with Crippen molar-refractivity contribution in [2.24, 2.45) is 5.92 Å². The third-order valence-electron chi connectivity index (χ3n) is 3.88. The van der Waals surface area contributed by atoms with Crippen molar-refractivity contribution >= 4 is 33.8 Å². The molecule has 3 aromatic rings. The summed E-state index contributed by atoms with van der Waals surface area (Å²) in [5.74, 6) is 1.63. The van der Waals surface area contributed by atoms with E-state index in [4.69, 9.17) is 4.98 Å². The molecule has 23 heavy (non-hydrogen) atoms. The molecule has 3 rings (SSSR count). The van der Waals surface area contributed by atoms with Crippen LogP contribution in [0.4, 0.5) is 0 Å². The molecule has 0 unspecified atom stereocenters. The zero-order valence-electron chi connectivity index (χ0n) is 14.3. The van der Waals surface area contributed by atoms with Gasteiger partial charge in [-0.2, -0.15) is 0 Å². The molecular weight excluding hydrogens is 304 g/mol. The molecule has 5 heteroatoms. The van der Waals surface area contributed by atoms with E-state index in [-0.39, 0.29) is 0 Å². The van der Waals surface area contributed by atoms with Crippen LogP contribution in [0.2, 0.25) is 0 Å². The summed E-state index contributed by atoms with van der Waals surface area (Å²) in [6.45, 7) is 9.73. The van der Waals surface area contributed by atoms with Crippen molar-refractivity contribution in [3.05, 3.63) is 23.8 Å². The third kappa shape index (κ3) is 3.34. The van der Waals surface area contributed by atoms with Gasteiger partial charge in [-0.1, -0.05) is 50.6 Å². The maximum Gasteiger partial charge on any atom is 0.211 e. The number of thioether (sulfide) groups is 1. The number of rotatable bonds is 6. The van der Waals surface area contributed by atoms with E-state index in [2.05, 4.69) is 60.7 Å². The Labute approximate surface area is 141 Å². The van der Waals surface area contributed by atoms with Crippen molar-refractivity contribution in [1.82, 2.24) is 19.7 Å². The lowest BCUT2D eigenvalue weighted by Crippen LogP contribution is -2.01. The lowest BCUT2D eigenvalue weighted by molar-refractivity contribution is 0.656. The minimum absolute atomic E-state index is 0.618. The Hall–Kier alpha value is -1.62. The van der Waals surface area contributed by atoms with E-state index in [9.17, 15) is 0 Å². The number of benzene rings is 1. The highest BCUT2D eigenvalue weighted by atomic mass is 32.2. The van der Waals surface area contributed by atoms with E-state index >= 15 is 0 Å². The minimum Gasteiger partial charge on any atom is -0.324 e. The molecule has 2 heterocycles. The SMILES string of the molecule is CCCCn1c2ccc(C)cc2c2nnc(SCC(C)C)nc21. The van der Waals surface area contributed by atoms with Crippen LogP contribution in [0.1, 0.15) is 39.2 Å². The fraction of sp³-hybridized carbons (Fsp3) is 0.500. The summed E-state index contributed by atoms with van der Waals surface area (Å²) < 4.78 is 2.31. The highest BCUT2D eigenvalue weighted by molar-refractivity contribution is 7.99. The van der Waals surface area contributed by atoms with E-state index in [1.807, 2.05) is 0 Å². The van der Waals surface area contributed by atoms with Crippen molar-refractivity contribution in [1.29, 1.82) is 0 Å². The lowest BCUT2D eigenvalue weighted by Gasteiger charge is -2.06. The molecule has 4 nitrogen and oxygen atoms in total. The van der Waals surface area contributed by atoms with Gasteiger partial charge in [-0.05, 0) is 31.4 Å². The molecule has 1 aromatic carbocycles. The van der Waals surface area contributed by atoms with E-state index in [1.54, 1.807) is 11.8 Å². The van der Waals surface area contributed by atoms with Crippen LogP contribution in [0, 0.1) is 12.8 Å². The molecule has 0 aliphatic rings. The van der Waals surface area contributed by atoms with Crippen molar-refractivity contribution in [3.63, 3.8) is 0 Å². The van der Waals surface area contributed by atoms with Crippen LogP contribution in [0.3, 0.4) is 0 Å². The standard InChI is InChI=1S/C18H24N4S/c1-5-6-9-22-15-8-7-13(4)10-14(15)16-17(22)19-18(21-20-16)23-11-12(2)3/h7-8,10,12H,5-6,9,11H2,1-4H3. The number of aromatic nitrogens is 4. The Morgan fingerprint density at radius 3 is 2.78 bits per heavy atom. The number of unbranched alkanes of at least 4 members (excludes halogenated alkanes) is 1. The fourth-order valence-electron chi connectivity index (χ4n) is 2.70. The quantitative estimate of drug-likeness (QED) is 0.608. The summed E-state index contributed by atoms with van der Waals surface area (Å²) in [6, 6.07) is 6.54. The van der Waals surface area contributed by atoms with Gasteiger partial charge in [0.1, 0.15) is 5.52 Å². The first-order valence-corrected chi connectivity index (χ1v) is 9.34. The van der Waals surface area contributed by atoms with Crippen molar-refractivity contribution in [2.45, 2.75) is 52.2 Å². The molecule has 0 saturated carbocycles. The number of hydrogen-bond donors (Lipinski definition) is 0. The molecule has 2 aromatic heterocycles. The van der Waals surface area contributed by atoms with Gasteiger partial charge in [-0.15, -0.1) is 10.2 Å². The summed E-state index contributed by atoms with van der Waals surface area (Å²) in [7, 11) is 0. The first-order valence-electron chi connectivity index (χ1n) is 8.36. The minimum atomic E-state index is 0.618. The largest absolute Gasteiger partial charge is 0.324 e. The summed E-state index contributed by atoms with van der Waals surface area (Å²) in [5, 5.41) is 10.8. The Bertz CT molecular complexity index is 823. The Kier molecular flexibility index (Phi) is 4.85. The van der Waals surface area contributed by atoms with Gasteiger partial charge in [0.25, 0.3) is 0 Å². The highest BCUT2D eigenvalue weighted by Crippen LogP contribution is 2.28. The van der Waals surface area contributed by atoms with Gasteiger partial charge in [-0.3, -0.25) is 0 Å². The predicted molar refractivity (Wildman–Crippen MR) is 98.0 cm³/mol. The van der Waals surface area contributed by atoms with Crippen LogP contribution in [-0.2, 0) is 6.54 Å². The number of hydrogen-bond acceptors (Lipinski definition) is 4. The van der Waals surface area contributed by atoms with Gasteiger partial charge in [-0.25, -0.2) is 4.98 Å². The lowest BCUT2D eigenvalue weighted by atomic mass is 10.2. The van der Waals surface area contributed by atoms with Gasteiger partial charge >= 0.3 is 0 Å². The summed E-state index contributed by atoms with van der Waals surface area (Å²) >= 11 is 1.69. The molecule has 0 amide bonds. The van der Waals surface area contributed by atoms with Gasteiger partial charge in [0.05, 0.1) is 5.52 Å². The van der Waals surface area contributed by atoms with Crippen LogP contribution in [0.15, 0.2) is 23.4 Å². The van der Waals surface area contributed by atoms with Crippen LogP contribution >= 0.6 is 11.8 Å². The van der Waals surface area contributed by atoms with Gasteiger partial charge in [0.2, 0.25) is 5.16 Å². The third-order valence-corrected chi connectivity index (χ3v) is 5.15. The summed E-state index contributed by atoms with van der Waals surface area (Å²) in [6.07, 6.45) is 2.31. The van der Waals surface area contributed by atoms with Crippen LogP contribution in [0.25, 0.3) is 22.1 Å². The van der Waals surface area contributed by atoms with Crippen LogP contribution < -0.4 is 0 Å². The Morgan fingerprint density at radius 2 is 2.04 bits per heavy atom. The van der Waals surface area contributed by atoms with E-state index < -0.39 is 0 Å². The molecule has 0 aliphatic carbocycles. The van der Waals surface area contributed by atoms with Crippen molar-refractivity contribution < 1.29 is 0 Å². The molecule has 0 atom stereocenters. The molecule has 0 radical (unpaired) electrons. The van der Waals surface area contributed by atoms with Crippen molar-refractivity contribution in [3.8, 4) is 0 Å². The predicted octanol–water partition coefficient (Wildman–Crippen LogP) is 4.84. The van der Waals surface area contributed by atoms with E-state index in [1.165, 1.54) is 17.5 Å². The monoisotopic (exact) mass is 328 g/mol. The second kappa shape index (κ2) is 6.87. The zero-order valence-corrected chi connectivity index (χ0v) is 15.2. The molecule has 0 N–H and O–H groups in total. The van der Waals surface area contributed by atoms with E-state index in [0.717, 1.165) is 40.4 Å². The average molecular weight is 328 g/mol. The first-order chi connectivity index (χ1) is 11.1. The molecule has 0 saturated heterocycles. The first kappa shape index (κ1) is 16.2. The fourth-order valence-corrected chi connectivity index (χ4v) is 3.43. The molecule has 122 valence electrons. The summed E-state index contributed by atoms with van der Waals surface area (Å²) in [5.41, 5.74) is 4.35. The molecular formula is C18H24N4S. The highest BCUT2D eigenvalue weighted by Gasteiger charge is 2.15.